The standard InChI is InChI=1S/C13H19N5O2/c1-2-3-7-11(19)12(20)9(18-7)6-4-15-10-8(6)16-5-17-13(10)14/h4-5,7,9,11-12,15,18-20H,2-3H2,1H3,(H2,14,16,17)/t7-,9+,11+,12-/m1/s1. The molecular weight excluding hydrogens is 258 g/mol. The van der Waals surface area contributed by atoms with Crippen LogP contribution in [-0.2, 0) is 0 Å². The molecule has 1 fully saturated rings. The van der Waals surface area contributed by atoms with Crippen LogP contribution in [0.25, 0.3) is 11.0 Å². The number of hydrogen-bond donors (Lipinski definition) is 5. The van der Waals surface area contributed by atoms with Gasteiger partial charge >= 0.3 is 0 Å². The number of nitrogen functional groups attached to an aromatic ring is 1. The van der Waals surface area contributed by atoms with E-state index in [0.29, 0.717) is 16.9 Å². The Morgan fingerprint density at radius 3 is 2.85 bits per heavy atom. The van der Waals surface area contributed by atoms with Crippen LogP contribution >= 0.6 is 0 Å². The molecule has 1 saturated heterocycles. The second kappa shape index (κ2) is 5.01. The first-order chi connectivity index (χ1) is 9.63. The van der Waals surface area contributed by atoms with Gasteiger partial charge in [-0.1, -0.05) is 13.3 Å². The molecule has 0 amide bonds. The highest BCUT2D eigenvalue weighted by atomic mass is 16.3. The summed E-state index contributed by atoms with van der Waals surface area (Å²) in [6.45, 7) is 2.05. The van der Waals surface area contributed by atoms with Crippen molar-refractivity contribution >= 4 is 16.9 Å². The van der Waals surface area contributed by atoms with Crippen LogP contribution in [0, 0.1) is 0 Å². The lowest BCUT2D eigenvalue weighted by molar-refractivity contribution is 0.0269. The highest BCUT2D eigenvalue weighted by Gasteiger charge is 2.42. The Bertz CT molecular complexity index is 614. The van der Waals surface area contributed by atoms with E-state index in [1.54, 1.807) is 6.20 Å². The largest absolute Gasteiger partial charge is 0.389 e. The Morgan fingerprint density at radius 1 is 1.30 bits per heavy atom. The molecule has 1 aliphatic heterocycles. The average Bonchev–Trinajstić information content (AvgIpc) is 2.97. The van der Waals surface area contributed by atoms with E-state index in [0.717, 1.165) is 18.4 Å². The Kier molecular flexibility index (Phi) is 3.33. The molecule has 7 nitrogen and oxygen atoms in total. The van der Waals surface area contributed by atoms with E-state index < -0.39 is 12.2 Å². The minimum atomic E-state index is -0.860. The monoisotopic (exact) mass is 277 g/mol. The number of aromatic nitrogens is 3. The summed E-state index contributed by atoms with van der Waals surface area (Å²) in [6.07, 6.45) is 3.28. The third kappa shape index (κ3) is 1.94. The van der Waals surface area contributed by atoms with Gasteiger partial charge < -0.3 is 26.2 Å². The quantitative estimate of drug-likeness (QED) is 0.541. The van der Waals surface area contributed by atoms with Crippen molar-refractivity contribution in [2.75, 3.05) is 5.73 Å². The van der Waals surface area contributed by atoms with Gasteiger partial charge in [-0.2, -0.15) is 0 Å². The summed E-state index contributed by atoms with van der Waals surface area (Å²) < 4.78 is 0. The molecule has 20 heavy (non-hydrogen) atoms. The lowest BCUT2D eigenvalue weighted by atomic mass is 10.0. The number of fused-ring (bicyclic) bond motifs is 1. The van der Waals surface area contributed by atoms with E-state index in [4.69, 9.17) is 5.73 Å². The Morgan fingerprint density at radius 2 is 2.10 bits per heavy atom. The molecule has 3 heterocycles. The maximum absolute atomic E-state index is 10.3. The van der Waals surface area contributed by atoms with Gasteiger partial charge in [0.05, 0.1) is 17.7 Å². The molecule has 0 radical (unpaired) electrons. The lowest BCUT2D eigenvalue weighted by Gasteiger charge is -2.14. The van der Waals surface area contributed by atoms with Crippen LogP contribution in [0.15, 0.2) is 12.5 Å². The van der Waals surface area contributed by atoms with Crippen molar-refractivity contribution in [3.8, 4) is 0 Å². The minimum Gasteiger partial charge on any atom is -0.389 e. The number of H-pyrrole nitrogens is 1. The van der Waals surface area contributed by atoms with Crippen LogP contribution in [0.4, 0.5) is 5.82 Å². The van der Waals surface area contributed by atoms with Crippen LogP contribution in [-0.4, -0.2) is 43.4 Å². The zero-order chi connectivity index (χ0) is 14.3. The smallest absolute Gasteiger partial charge is 0.151 e. The van der Waals surface area contributed by atoms with Crippen molar-refractivity contribution in [3.63, 3.8) is 0 Å². The number of nitrogens with zero attached hydrogens (tertiary/aromatic N) is 2. The van der Waals surface area contributed by atoms with Gasteiger partial charge in [-0.3, -0.25) is 0 Å². The molecular formula is C13H19N5O2. The fourth-order valence-electron chi connectivity index (χ4n) is 2.92. The van der Waals surface area contributed by atoms with Gasteiger partial charge in [0.15, 0.2) is 5.82 Å². The molecule has 7 heteroatoms. The summed E-state index contributed by atoms with van der Waals surface area (Å²) in [5.41, 5.74) is 7.93. The average molecular weight is 277 g/mol. The molecule has 1 aliphatic rings. The van der Waals surface area contributed by atoms with Crippen molar-refractivity contribution in [2.45, 2.75) is 44.1 Å². The summed E-state index contributed by atoms with van der Waals surface area (Å²) in [5, 5.41) is 23.6. The molecule has 2 aromatic rings. The van der Waals surface area contributed by atoms with Gasteiger partial charge in [0.2, 0.25) is 0 Å². The van der Waals surface area contributed by atoms with Crippen LogP contribution in [0.3, 0.4) is 0 Å². The molecule has 2 aromatic heterocycles. The number of nitrogens with one attached hydrogen (secondary N) is 2. The van der Waals surface area contributed by atoms with Gasteiger partial charge in [-0.05, 0) is 6.42 Å². The van der Waals surface area contributed by atoms with Crippen molar-refractivity contribution in [2.24, 2.45) is 0 Å². The molecule has 108 valence electrons. The van der Waals surface area contributed by atoms with Crippen LogP contribution in [0.5, 0.6) is 0 Å². The number of anilines is 1. The molecule has 0 bridgehead atoms. The summed E-state index contributed by atoms with van der Waals surface area (Å²) in [4.78, 5) is 11.2. The second-order valence-corrected chi connectivity index (χ2v) is 5.25. The van der Waals surface area contributed by atoms with Crippen molar-refractivity contribution in [1.29, 1.82) is 0 Å². The second-order valence-electron chi connectivity index (χ2n) is 5.25. The molecule has 4 atom stereocenters. The van der Waals surface area contributed by atoms with E-state index in [1.807, 2.05) is 6.92 Å². The number of aromatic amines is 1. The zero-order valence-electron chi connectivity index (χ0n) is 11.2. The van der Waals surface area contributed by atoms with Gasteiger partial charge in [0.1, 0.15) is 17.9 Å². The fraction of sp³-hybridized carbons (Fsp3) is 0.538. The van der Waals surface area contributed by atoms with E-state index in [9.17, 15) is 10.2 Å². The van der Waals surface area contributed by atoms with Crippen LogP contribution in [0.2, 0.25) is 0 Å². The highest BCUT2D eigenvalue weighted by molar-refractivity contribution is 5.87. The Labute approximate surface area is 116 Å². The normalized spacial score (nSPS) is 30.1. The number of nitrogens with two attached hydrogens (primary N) is 1. The SMILES string of the molecule is CCC[C@H]1N[C@@H](c2c[nH]c3c(N)ncnc23)[C@@H](O)[C@H]1O. The lowest BCUT2D eigenvalue weighted by Crippen LogP contribution is -2.32. The molecule has 0 aliphatic carbocycles. The predicted octanol–water partition coefficient (Wildman–Crippen LogP) is 0.0749. The summed E-state index contributed by atoms with van der Waals surface area (Å²) >= 11 is 0. The molecule has 0 saturated carbocycles. The van der Waals surface area contributed by atoms with Crippen LogP contribution in [0.1, 0.15) is 31.4 Å². The third-order valence-electron chi connectivity index (χ3n) is 3.95. The number of aliphatic hydroxyl groups is 2. The Balaban J connectivity index is 1.97. The molecule has 6 N–H and O–H groups in total. The molecule has 0 unspecified atom stereocenters. The number of hydrogen-bond acceptors (Lipinski definition) is 6. The van der Waals surface area contributed by atoms with Crippen molar-refractivity contribution in [3.05, 3.63) is 18.1 Å². The van der Waals surface area contributed by atoms with E-state index in [2.05, 4.69) is 20.3 Å². The summed E-state index contributed by atoms with van der Waals surface area (Å²) in [5.74, 6) is 0.374. The molecule has 0 aromatic carbocycles. The van der Waals surface area contributed by atoms with Gasteiger partial charge in [0, 0.05) is 17.8 Å². The molecule has 3 rings (SSSR count). The highest BCUT2D eigenvalue weighted by Crippen LogP contribution is 2.33. The van der Waals surface area contributed by atoms with E-state index in [1.165, 1.54) is 6.33 Å². The zero-order valence-corrected chi connectivity index (χ0v) is 11.2. The summed E-state index contributed by atoms with van der Waals surface area (Å²) in [6, 6.07) is -0.464. The minimum absolute atomic E-state index is 0.107. The number of rotatable bonds is 3. The van der Waals surface area contributed by atoms with Crippen molar-refractivity contribution < 1.29 is 10.2 Å². The van der Waals surface area contributed by atoms with Crippen molar-refractivity contribution in [1.82, 2.24) is 20.3 Å². The first kappa shape index (κ1) is 13.3. The Hall–Kier alpha value is -1.70. The topological polar surface area (TPSA) is 120 Å². The fourth-order valence-corrected chi connectivity index (χ4v) is 2.92. The molecule has 0 spiro atoms. The predicted molar refractivity (Wildman–Crippen MR) is 74.9 cm³/mol. The maximum atomic E-state index is 10.3. The van der Waals surface area contributed by atoms with Gasteiger partial charge in [-0.15, -0.1) is 0 Å². The van der Waals surface area contributed by atoms with Crippen LogP contribution < -0.4 is 11.1 Å². The maximum Gasteiger partial charge on any atom is 0.151 e. The summed E-state index contributed by atoms with van der Waals surface area (Å²) in [7, 11) is 0. The van der Waals surface area contributed by atoms with Gasteiger partial charge in [-0.25, -0.2) is 9.97 Å². The van der Waals surface area contributed by atoms with Gasteiger partial charge in [0.25, 0.3) is 0 Å². The first-order valence-electron chi connectivity index (χ1n) is 6.83. The first-order valence-corrected chi connectivity index (χ1v) is 6.83. The van der Waals surface area contributed by atoms with E-state index >= 15 is 0 Å². The third-order valence-corrected chi connectivity index (χ3v) is 3.95. The number of aliphatic hydroxyl groups excluding tert-OH is 2. The van der Waals surface area contributed by atoms with E-state index in [-0.39, 0.29) is 12.1 Å².